The van der Waals surface area contributed by atoms with Gasteiger partial charge in [-0.2, -0.15) is 0 Å². The molecule has 0 amide bonds. The number of hydrogen-bond acceptors (Lipinski definition) is 1. The van der Waals surface area contributed by atoms with Crippen LogP contribution in [0.25, 0.3) is 0 Å². The van der Waals surface area contributed by atoms with Gasteiger partial charge in [0.2, 0.25) is 0 Å². The van der Waals surface area contributed by atoms with E-state index in [1.54, 1.807) is 6.07 Å². The lowest BCUT2D eigenvalue weighted by Crippen LogP contribution is -2.27. The van der Waals surface area contributed by atoms with E-state index in [-0.39, 0.29) is 0 Å². The van der Waals surface area contributed by atoms with Crippen molar-refractivity contribution in [2.45, 2.75) is 31.8 Å². The Kier molecular flexibility index (Phi) is 2.98. The molecule has 1 saturated carbocycles. The van der Waals surface area contributed by atoms with Crippen LogP contribution >= 0.6 is 23.2 Å². The van der Waals surface area contributed by atoms with E-state index in [0.717, 1.165) is 18.4 Å². The molecule has 1 fully saturated rings. The van der Waals surface area contributed by atoms with Crippen LogP contribution < -0.4 is 0 Å². The van der Waals surface area contributed by atoms with Crippen molar-refractivity contribution in [3.8, 4) is 0 Å². The number of rotatable bonds is 3. The largest absolute Gasteiger partial charge is 0.385 e. The topological polar surface area (TPSA) is 20.2 Å². The van der Waals surface area contributed by atoms with Crippen LogP contribution in [0.2, 0.25) is 10.0 Å². The second-order valence-electron chi connectivity index (χ2n) is 4.15. The maximum atomic E-state index is 10.6. The van der Waals surface area contributed by atoms with Gasteiger partial charge in [0.05, 0.1) is 15.6 Å². The highest BCUT2D eigenvalue weighted by molar-refractivity contribution is 6.42. The summed E-state index contributed by atoms with van der Waals surface area (Å²) in [6.07, 6.45) is 2.83. The Bertz CT molecular complexity index is 374. The summed E-state index contributed by atoms with van der Waals surface area (Å²) in [6, 6.07) is 5.46. The predicted octanol–water partition coefficient (Wildman–Crippen LogP) is 4.00. The molecule has 15 heavy (non-hydrogen) atoms. The highest BCUT2D eigenvalue weighted by atomic mass is 35.5. The van der Waals surface area contributed by atoms with Crippen LogP contribution in [0.4, 0.5) is 0 Å². The number of aliphatic hydroxyl groups is 1. The minimum absolute atomic E-state index is 0.346. The molecular weight excluding hydrogens is 231 g/mol. The summed E-state index contributed by atoms with van der Waals surface area (Å²) in [5, 5.41) is 11.6. The van der Waals surface area contributed by atoms with Gasteiger partial charge in [-0.15, -0.1) is 0 Å². The van der Waals surface area contributed by atoms with Gasteiger partial charge in [0, 0.05) is 5.56 Å². The minimum Gasteiger partial charge on any atom is -0.385 e. The third-order valence-electron chi connectivity index (χ3n) is 3.21. The monoisotopic (exact) mass is 244 g/mol. The zero-order valence-electron chi connectivity index (χ0n) is 8.63. The fourth-order valence-electron chi connectivity index (χ4n) is 2.10. The molecule has 1 nitrogen and oxygen atoms in total. The lowest BCUT2D eigenvalue weighted by Gasteiger charge is -2.28. The molecule has 0 heterocycles. The van der Waals surface area contributed by atoms with E-state index >= 15 is 0 Å². The van der Waals surface area contributed by atoms with Crippen molar-refractivity contribution in [1.82, 2.24) is 0 Å². The molecule has 1 aromatic carbocycles. The molecule has 1 aromatic rings. The van der Waals surface area contributed by atoms with Crippen molar-refractivity contribution in [1.29, 1.82) is 0 Å². The normalized spacial score (nSPS) is 20.0. The molecule has 0 bridgehead atoms. The van der Waals surface area contributed by atoms with Gasteiger partial charge >= 0.3 is 0 Å². The molecule has 1 N–H and O–H groups in total. The molecule has 1 aliphatic carbocycles. The van der Waals surface area contributed by atoms with E-state index in [1.165, 1.54) is 0 Å². The van der Waals surface area contributed by atoms with E-state index in [4.69, 9.17) is 23.2 Å². The quantitative estimate of drug-likeness (QED) is 0.853. The first-order valence-corrected chi connectivity index (χ1v) is 6.02. The Morgan fingerprint density at radius 3 is 2.60 bits per heavy atom. The van der Waals surface area contributed by atoms with Gasteiger partial charge in [-0.1, -0.05) is 42.3 Å². The van der Waals surface area contributed by atoms with Gasteiger partial charge in [0.1, 0.15) is 0 Å². The second kappa shape index (κ2) is 3.97. The maximum Gasteiger partial charge on any atom is 0.0936 e. The van der Waals surface area contributed by atoms with Crippen LogP contribution in [-0.2, 0) is 5.60 Å². The van der Waals surface area contributed by atoms with E-state index in [2.05, 4.69) is 0 Å². The Morgan fingerprint density at radius 2 is 2.07 bits per heavy atom. The molecule has 0 aromatic heterocycles. The summed E-state index contributed by atoms with van der Waals surface area (Å²) in [5.41, 5.74) is -0.0104. The molecule has 0 spiro atoms. The van der Waals surface area contributed by atoms with Crippen LogP contribution in [0.5, 0.6) is 0 Å². The van der Waals surface area contributed by atoms with Crippen molar-refractivity contribution < 1.29 is 5.11 Å². The number of benzene rings is 1. The Hall–Kier alpha value is -0.240. The molecule has 3 heteroatoms. The summed E-state index contributed by atoms with van der Waals surface area (Å²) in [6.45, 7) is 1.98. The summed E-state index contributed by atoms with van der Waals surface area (Å²) < 4.78 is 0. The van der Waals surface area contributed by atoms with Crippen LogP contribution in [0.1, 0.15) is 31.7 Å². The van der Waals surface area contributed by atoms with E-state index < -0.39 is 5.60 Å². The lowest BCUT2D eigenvalue weighted by atomic mass is 9.86. The van der Waals surface area contributed by atoms with Crippen LogP contribution in [0.15, 0.2) is 18.2 Å². The van der Waals surface area contributed by atoms with Gasteiger partial charge < -0.3 is 5.11 Å². The third kappa shape index (κ3) is 1.89. The Balaban J connectivity index is 2.46. The zero-order valence-corrected chi connectivity index (χ0v) is 10.1. The predicted molar refractivity (Wildman–Crippen MR) is 63.4 cm³/mol. The molecule has 0 radical (unpaired) electrons. The van der Waals surface area contributed by atoms with Gasteiger partial charge in [-0.3, -0.25) is 0 Å². The second-order valence-corrected chi connectivity index (χ2v) is 4.94. The van der Waals surface area contributed by atoms with Crippen LogP contribution in [-0.4, -0.2) is 5.11 Å². The summed E-state index contributed by atoms with van der Waals surface area (Å²) in [5.74, 6) is 0.346. The van der Waals surface area contributed by atoms with Crippen LogP contribution in [0, 0.1) is 5.92 Å². The summed E-state index contributed by atoms with van der Waals surface area (Å²) in [7, 11) is 0. The molecule has 1 aliphatic rings. The molecule has 1 atom stereocenters. The highest BCUT2D eigenvalue weighted by Gasteiger charge is 2.44. The van der Waals surface area contributed by atoms with Crippen molar-refractivity contribution >= 4 is 23.2 Å². The first-order valence-electron chi connectivity index (χ1n) is 5.26. The van der Waals surface area contributed by atoms with E-state index in [0.29, 0.717) is 22.4 Å². The summed E-state index contributed by atoms with van der Waals surface area (Å²) >= 11 is 12.1. The third-order valence-corrected chi connectivity index (χ3v) is 4.03. The van der Waals surface area contributed by atoms with Gasteiger partial charge in [0.25, 0.3) is 0 Å². The fraction of sp³-hybridized carbons (Fsp3) is 0.500. The van der Waals surface area contributed by atoms with Crippen molar-refractivity contribution in [3.63, 3.8) is 0 Å². The van der Waals surface area contributed by atoms with Crippen molar-refractivity contribution in [2.24, 2.45) is 5.92 Å². The van der Waals surface area contributed by atoms with Crippen molar-refractivity contribution in [3.05, 3.63) is 33.8 Å². The minimum atomic E-state index is -0.790. The standard InChI is InChI=1S/C12H14Cl2O/c1-2-12(15,8-6-7-8)9-4-3-5-10(13)11(9)14/h3-5,8,15H,2,6-7H2,1H3. The van der Waals surface area contributed by atoms with E-state index in [9.17, 15) is 5.11 Å². The molecule has 0 saturated heterocycles. The number of halogens is 2. The maximum absolute atomic E-state index is 10.6. The first kappa shape index (κ1) is 11.3. The smallest absolute Gasteiger partial charge is 0.0936 e. The average molecular weight is 245 g/mol. The Labute approximate surface area is 100 Å². The van der Waals surface area contributed by atoms with Crippen LogP contribution in [0.3, 0.4) is 0 Å². The SMILES string of the molecule is CCC(O)(c1cccc(Cl)c1Cl)C1CC1. The molecule has 1 unspecified atom stereocenters. The fourth-order valence-corrected chi connectivity index (χ4v) is 2.56. The molecule has 82 valence electrons. The molecular formula is C12H14Cl2O. The zero-order chi connectivity index (χ0) is 11.1. The Morgan fingerprint density at radius 1 is 1.40 bits per heavy atom. The van der Waals surface area contributed by atoms with Gasteiger partial charge in [0.15, 0.2) is 0 Å². The van der Waals surface area contributed by atoms with Gasteiger partial charge in [-0.05, 0) is 31.2 Å². The molecule has 2 rings (SSSR count). The first-order chi connectivity index (χ1) is 7.09. The lowest BCUT2D eigenvalue weighted by molar-refractivity contribution is 0.00901. The highest BCUT2D eigenvalue weighted by Crippen LogP contribution is 2.50. The van der Waals surface area contributed by atoms with E-state index in [1.807, 2.05) is 19.1 Å². The van der Waals surface area contributed by atoms with Gasteiger partial charge in [-0.25, -0.2) is 0 Å². The summed E-state index contributed by atoms with van der Waals surface area (Å²) in [4.78, 5) is 0. The van der Waals surface area contributed by atoms with Crippen molar-refractivity contribution in [2.75, 3.05) is 0 Å². The average Bonchev–Trinajstić information content (AvgIpc) is 3.05. The number of hydrogen-bond donors (Lipinski definition) is 1. The molecule has 0 aliphatic heterocycles.